The van der Waals surface area contributed by atoms with Gasteiger partial charge in [0.2, 0.25) is 17.8 Å². The van der Waals surface area contributed by atoms with Crippen LogP contribution in [0.1, 0.15) is 45.1 Å². The van der Waals surface area contributed by atoms with Crippen molar-refractivity contribution in [2.24, 2.45) is 0 Å². The zero-order chi connectivity index (χ0) is 24.7. The molecule has 9 nitrogen and oxygen atoms in total. The van der Waals surface area contributed by atoms with Gasteiger partial charge in [-0.05, 0) is 32.1 Å². The van der Waals surface area contributed by atoms with Gasteiger partial charge in [0.15, 0.2) is 17.3 Å². The number of hydrogen-bond donors (Lipinski definition) is 3. The van der Waals surface area contributed by atoms with Crippen molar-refractivity contribution in [2.45, 2.75) is 57.2 Å². The number of amides is 1. The van der Waals surface area contributed by atoms with E-state index in [0.29, 0.717) is 61.6 Å². The minimum Gasteiger partial charge on any atom is -0.393 e. The summed E-state index contributed by atoms with van der Waals surface area (Å²) >= 11 is 0. The second-order valence-corrected chi connectivity index (χ2v) is 9.13. The molecule has 0 bridgehead atoms. The molecule has 3 aromatic rings. The van der Waals surface area contributed by atoms with E-state index >= 15 is 0 Å². The second-order valence-electron chi connectivity index (χ2n) is 9.13. The Morgan fingerprint density at radius 3 is 2.46 bits per heavy atom. The third-order valence-corrected chi connectivity index (χ3v) is 6.68. The van der Waals surface area contributed by atoms with E-state index < -0.39 is 23.1 Å². The predicted molar refractivity (Wildman–Crippen MR) is 123 cm³/mol. The van der Waals surface area contributed by atoms with Crippen LogP contribution in [0, 0.1) is 17.5 Å². The highest BCUT2D eigenvalue weighted by molar-refractivity contribution is 5.77. The summed E-state index contributed by atoms with van der Waals surface area (Å²) in [5.74, 6) is -2.78. The van der Waals surface area contributed by atoms with Gasteiger partial charge < -0.3 is 20.6 Å². The van der Waals surface area contributed by atoms with Crippen molar-refractivity contribution in [3.63, 3.8) is 0 Å². The van der Waals surface area contributed by atoms with Gasteiger partial charge >= 0.3 is 0 Å². The molecule has 1 aliphatic heterocycles. The minimum absolute atomic E-state index is 0.0708. The fourth-order valence-corrected chi connectivity index (χ4v) is 4.81. The molecule has 2 fully saturated rings. The Kier molecular flexibility index (Phi) is 6.22. The maximum atomic E-state index is 14.4. The molecule has 0 spiro atoms. The lowest BCUT2D eigenvalue weighted by Crippen LogP contribution is -2.29. The first-order valence-electron chi connectivity index (χ1n) is 11.6. The molecule has 1 unspecified atom stereocenters. The van der Waals surface area contributed by atoms with E-state index in [9.17, 15) is 23.1 Å². The number of aromatic nitrogens is 4. The number of nitrogens with zero attached hydrogens (tertiary/aromatic N) is 5. The van der Waals surface area contributed by atoms with Crippen molar-refractivity contribution in [3.05, 3.63) is 35.8 Å². The molecule has 1 amide bonds. The first kappa shape index (κ1) is 23.3. The topological polar surface area (TPSA) is 108 Å². The van der Waals surface area contributed by atoms with Gasteiger partial charge in [-0.2, -0.15) is 4.98 Å². The number of hydrogen-bond acceptors (Lipinski definition) is 7. The first-order valence-corrected chi connectivity index (χ1v) is 11.6. The molecule has 1 atom stereocenters. The van der Waals surface area contributed by atoms with E-state index in [1.165, 1.54) is 13.1 Å². The van der Waals surface area contributed by atoms with Crippen LogP contribution in [0.25, 0.3) is 11.2 Å². The van der Waals surface area contributed by atoms with E-state index in [1.807, 2.05) is 0 Å². The molecular weight excluding hydrogens is 463 g/mol. The first-order chi connectivity index (χ1) is 16.8. The van der Waals surface area contributed by atoms with Crippen LogP contribution in [0.2, 0.25) is 0 Å². The molecule has 0 radical (unpaired) electrons. The molecule has 2 aliphatic rings. The number of aliphatic hydroxyl groups is 1. The Bertz CT molecular complexity index is 1240. The SMILES string of the molecule is CC(=O)N1CCC(n2c(Nc3c(F)cc(F)cc3F)nc3cnc(N[C@H]4CC[C@H](O)CC4)nc32)C1. The summed E-state index contributed by atoms with van der Waals surface area (Å²) in [5, 5.41) is 15.7. The molecule has 12 heteroatoms. The highest BCUT2D eigenvalue weighted by atomic mass is 19.1. The van der Waals surface area contributed by atoms with Crippen LogP contribution in [0.5, 0.6) is 0 Å². The third-order valence-electron chi connectivity index (χ3n) is 6.68. The third kappa shape index (κ3) is 4.75. The van der Waals surface area contributed by atoms with Crippen LogP contribution in [-0.2, 0) is 4.79 Å². The molecular formula is C23H26F3N7O2. The quantitative estimate of drug-likeness (QED) is 0.504. The molecule has 35 heavy (non-hydrogen) atoms. The monoisotopic (exact) mass is 489 g/mol. The van der Waals surface area contributed by atoms with E-state index in [0.717, 1.165) is 12.8 Å². The molecule has 1 aromatic carbocycles. The summed E-state index contributed by atoms with van der Waals surface area (Å²) in [7, 11) is 0. The fourth-order valence-electron chi connectivity index (χ4n) is 4.81. The molecule has 186 valence electrons. The van der Waals surface area contributed by atoms with Crippen LogP contribution in [0.3, 0.4) is 0 Å². The van der Waals surface area contributed by atoms with Gasteiger partial charge in [-0.15, -0.1) is 0 Å². The number of aliphatic hydroxyl groups excluding tert-OH is 1. The van der Waals surface area contributed by atoms with Gasteiger partial charge in [0.25, 0.3) is 0 Å². The molecule has 3 N–H and O–H groups in total. The van der Waals surface area contributed by atoms with Gasteiger partial charge in [0, 0.05) is 38.2 Å². The number of carbonyl (C=O) groups is 1. The van der Waals surface area contributed by atoms with Crippen molar-refractivity contribution < 1.29 is 23.1 Å². The van der Waals surface area contributed by atoms with E-state index in [-0.39, 0.29) is 30.0 Å². The van der Waals surface area contributed by atoms with Crippen molar-refractivity contribution in [2.75, 3.05) is 23.7 Å². The van der Waals surface area contributed by atoms with Gasteiger partial charge in [-0.1, -0.05) is 0 Å². The fraction of sp³-hybridized carbons (Fsp3) is 0.478. The van der Waals surface area contributed by atoms with Crippen molar-refractivity contribution >= 4 is 34.7 Å². The minimum atomic E-state index is -1.09. The smallest absolute Gasteiger partial charge is 0.224 e. The highest BCUT2D eigenvalue weighted by Crippen LogP contribution is 2.33. The molecule has 3 heterocycles. The Hall–Kier alpha value is -3.41. The van der Waals surface area contributed by atoms with Crippen LogP contribution < -0.4 is 10.6 Å². The number of imidazole rings is 1. The van der Waals surface area contributed by atoms with Crippen LogP contribution in [0.4, 0.5) is 30.8 Å². The second kappa shape index (κ2) is 9.33. The van der Waals surface area contributed by atoms with Crippen molar-refractivity contribution in [1.82, 2.24) is 24.4 Å². The molecule has 2 aromatic heterocycles. The average molecular weight is 490 g/mol. The maximum Gasteiger partial charge on any atom is 0.224 e. The number of anilines is 3. The Balaban J connectivity index is 1.52. The number of fused-ring (bicyclic) bond motifs is 1. The van der Waals surface area contributed by atoms with Crippen molar-refractivity contribution in [1.29, 1.82) is 0 Å². The number of halogens is 3. The van der Waals surface area contributed by atoms with E-state index in [2.05, 4.69) is 25.6 Å². The van der Waals surface area contributed by atoms with Crippen LogP contribution in [0.15, 0.2) is 18.3 Å². The Morgan fingerprint density at radius 1 is 1.09 bits per heavy atom. The summed E-state index contributed by atoms with van der Waals surface area (Å²) in [6.07, 6.45) is 4.81. The lowest BCUT2D eigenvalue weighted by molar-refractivity contribution is -0.127. The molecule has 1 saturated carbocycles. The zero-order valence-corrected chi connectivity index (χ0v) is 19.1. The zero-order valence-electron chi connectivity index (χ0n) is 19.1. The van der Waals surface area contributed by atoms with Crippen LogP contribution in [-0.4, -0.2) is 60.7 Å². The number of benzene rings is 1. The normalized spacial score (nSPS) is 22.5. The molecule has 1 saturated heterocycles. The Labute approximate surface area is 199 Å². The number of rotatable bonds is 5. The summed E-state index contributed by atoms with van der Waals surface area (Å²) in [6.45, 7) is 2.40. The largest absolute Gasteiger partial charge is 0.393 e. The summed E-state index contributed by atoms with van der Waals surface area (Å²) in [6, 6.07) is 1.06. The van der Waals surface area contributed by atoms with Gasteiger partial charge in [-0.3, -0.25) is 9.36 Å². The maximum absolute atomic E-state index is 14.4. The summed E-state index contributed by atoms with van der Waals surface area (Å²) < 4.78 is 43.9. The predicted octanol–water partition coefficient (Wildman–Crippen LogP) is 3.50. The highest BCUT2D eigenvalue weighted by Gasteiger charge is 2.30. The van der Waals surface area contributed by atoms with Crippen LogP contribution >= 0.6 is 0 Å². The van der Waals surface area contributed by atoms with Gasteiger partial charge in [0.1, 0.15) is 17.0 Å². The summed E-state index contributed by atoms with van der Waals surface area (Å²) in [4.78, 5) is 27.1. The number of likely N-dealkylation sites (tertiary alicyclic amines) is 1. The van der Waals surface area contributed by atoms with Crippen molar-refractivity contribution in [3.8, 4) is 0 Å². The lowest BCUT2D eigenvalue weighted by atomic mass is 9.93. The molecule has 5 rings (SSSR count). The van der Waals surface area contributed by atoms with Gasteiger partial charge in [-0.25, -0.2) is 23.1 Å². The summed E-state index contributed by atoms with van der Waals surface area (Å²) in [5.41, 5.74) is 0.317. The average Bonchev–Trinajstić information content (AvgIpc) is 3.42. The standard InChI is InChI=1S/C23H26F3N7O2/c1-12(34)32-7-6-15(11-32)33-21-19(10-27-22(31-21)28-14-2-4-16(35)5-3-14)29-23(33)30-20-17(25)8-13(24)9-18(20)26/h8-10,14-16,35H,2-7,11H2,1H3,(H,29,30)(H,27,28,31)/t14-,15?,16-. The number of nitrogens with one attached hydrogen (secondary N) is 2. The van der Waals surface area contributed by atoms with E-state index in [1.54, 1.807) is 9.47 Å². The lowest BCUT2D eigenvalue weighted by Gasteiger charge is -2.26. The number of carbonyl (C=O) groups excluding carboxylic acids is 1. The molecule has 1 aliphatic carbocycles. The van der Waals surface area contributed by atoms with Gasteiger partial charge in [0.05, 0.1) is 18.3 Å². The Morgan fingerprint density at radius 2 is 1.80 bits per heavy atom. The van der Waals surface area contributed by atoms with E-state index in [4.69, 9.17) is 0 Å².